The molecule has 1 amide bonds. The number of unbranched alkanes of at least 4 members (excludes halogenated alkanes) is 32. The lowest BCUT2D eigenvalue weighted by Gasteiger charge is -2.40. The van der Waals surface area contributed by atoms with Crippen molar-refractivity contribution in [2.75, 3.05) is 13.2 Å². The van der Waals surface area contributed by atoms with E-state index in [1.54, 1.807) is 0 Å². The lowest BCUT2D eigenvalue weighted by molar-refractivity contribution is -0.303. The monoisotopic (exact) mass is 840 g/mol. The molecular formula is C50H97NO8. The number of rotatable bonds is 40. The quantitative estimate of drug-likeness (QED) is 0.0384. The van der Waals surface area contributed by atoms with Gasteiger partial charge in [-0.15, -0.1) is 0 Å². The Morgan fingerprint density at radius 2 is 0.898 bits per heavy atom. The number of nitrogens with zero attached hydrogens (tertiary/aromatic N) is 1. The van der Waals surface area contributed by atoms with Gasteiger partial charge in [0.2, 0.25) is 5.91 Å². The molecule has 9 nitrogen and oxygen atoms in total. The molecule has 2 fully saturated rings. The molecule has 2 rings (SSSR count). The number of aliphatic hydroxyl groups is 5. The van der Waals surface area contributed by atoms with Crippen molar-refractivity contribution in [2.45, 2.75) is 300 Å². The van der Waals surface area contributed by atoms with Crippen LogP contribution in [-0.2, 0) is 14.3 Å². The van der Waals surface area contributed by atoms with E-state index in [2.05, 4.69) is 13.8 Å². The SMILES string of the molecule is CCCCCCCCCCCCCCCCCCCCCCCCCC(=O)N1[C@H](CCCCCCCCCCCCC)C[C@@H](O)[C@@H]1CO[C@@H]1O[C@H](CO)[C@H](O)[C@H](O)[C@H]1O. The molecule has 2 aliphatic rings. The molecule has 2 aliphatic heterocycles. The molecule has 8 atom stereocenters. The third kappa shape index (κ3) is 24.6. The summed E-state index contributed by atoms with van der Waals surface area (Å²) in [6.07, 6.45) is 38.7. The summed E-state index contributed by atoms with van der Waals surface area (Å²) >= 11 is 0. The van der Waals surface area contributed by atoms with Gasteiger partial charge in [0.15, 0.2) is 6.29 Å². The summed E-state index contributed by atoms with van der Waals surface area (Å²) in [6.45, 7) is 3.94. The van der Waals surface area contributed by atoms with Crippen LogP contribution in [-0.4, -0.2) is 98.4 Å². The van der Waals surface area contributed by atoms with Crippen LogP contribution in [0.25, 0.3) is 0 Å². The van der Waals surface area contributed by atoms with E-state index in [9.17, 15) is 30.3 Å². The highest BCUT2D eigenvalue weighted by Crippen LogP contribution is 2.32. The summed E-state index contributed by atoms with van der Waals surface area (Å²) in [4.78, 5) is 15.7. The van der Waals surface area contributed by atoms with Crippen LogP contribution >= 0.6 is 0 Å². The van der Waals surface area contributed by atoms with E-state index in [1.807, 2.05) is 4.90 Å². The molecule has 2 saturated heterocycles. The zero-order valence-electron chi connectivity index (χ0n) is 38.6. The normalized spacial score (nSPS) is 24.7. The van der Waals surface area contributed by atoms with Gasteiger partial charge in [0.05, 0.1) is 25.4 Å². The van der Waals surface area contributed by atoms with Crippen LogP contribution in [0.2, 0.25) is 0 Å². The predicted octanol–water partition coefficient (Wildman–Crippen LogP) is 11.2. The lowest BCUT2D eigenvalue weighted by Crippen LogP contribution is -2.59. The third-order valence-corrected chi connectivity index (χ3v) is 13.4. The second-order valence-corrected chi connectivity index (χ2v) is 18.7. The molecule has 9 heteroatoms. The first-order valence-corrected chi connectivity index (χ1v) is 25.8. The van der Waals surface area contributed by atoms with Crippen molar-refractivity contribution in [3.63, 3.8) is 0 Å². The lowest BCUT2D eigenvalue weighted by atomic mass is 9.99. The molecule has 0 saturated carbocycles. The van der Waals surface area contributed by atoms with Gasteiger partial charge in [-0.25, -0.2) is 0 Å². The van der Waals surface area contributed by atoms with E-state index in [0.29, 0.717) is 12.8 Å². The van der Waals surface area contributed by atoms with Crippen LogP contribution in [0.15, 0.2) is 0 Å². The first-order valence-electron chi connectivity index (χ1n) is 25.8. The molecule has 5 N–H and O–H groups in total. The second-order valence-electron chi connectivity index (χ2n) is 18.7. The van der Waals surface area contributed by atoms with Crippen molar-refractivity contribution in [3.8, 4) is 0 Å². The Morgan fingerprint density at radius 3 is 1.29 bits per heavy atom. The van der Waals surface area contributed by atoms with Gasteiger partial charge in [-0.2, -0.15) is 0 Å². The largest absolute Gasteiger partial charge is 0.394 e. The highest BCUT2D eigenvalue weighted by atomic mass is 16.7. The van der Waals surface area contributed by atoms with Gasteiger partial charge in [-0.05, 0) is 19.3 Å². The van der Waals surface area contributed by atoms with Crippen molar-refractivity contribution in [2.24, 2.45) is 0 Å². The Balaban J connectivity index is 1.62. The Morgan fingerprint density at radius 1 is 0.525 bits per heavy atom. The number of amides is 1. The van der Waals surface area contributed by atoms with Gasteiger partial charge < -0.3 is 39.9 Å². The summed E-state index contributed by atoms with van der Waals surface area (Å²) in [6, 6.07) is -0.652. The maximum Gasteiger partial charge on any atom is 0.223 e. The molecular weight excluding hydrogens is 743 g/mol. The molecule has 0 aromatic heterocycles. The van der Waals surface area contributed by atoms with E-state index >= 15 is 0 Å². The van der Waals surface area contributed by atoms with Gasteiger partial charge >= 0.3 is 0 Å². The number of aliphatic hydroxyl groups excluding tert-OH is 5. The van der Waals surface area contributed by atoms with Gasteiger partial charge in [-0.3, -0.25) is 4.79 Å². The van der Waals surface area contributed by atoms with Crippen LogP contribution in [0.3, 0.4) is 0 Å². The summed E-state index contributed by atoms with van der Waals surface area (Å²) in [5, 5.41) is 51.7. The van der Waals surface area contributed by atoms with Crippen LogP contribution in [0.5, 0.6) is 0 Å². The van der Waals surface area contributed by atoms with Gasteiger partial charge in [0.25, 0.3) is 0 Å². The maximum atomic E-state index is 13.8. The van der Waals surface area contributed by atoms with Crippen molar-refractivity contribution < 1.29 is 39.8 Å². The number of carbonyl (C=O) groups is 1. The molecule has 0 unspecified atom stereocenters. The summed E-state index contributed by atoms with van der Waals surface area (Å²) in [7, 11) is 0. The first-order chi connectivity index (χ1) is 28.8. The second kappa shape index (κ2) is 36.7. The smallest absolute Gasteiger partial charge is 0.223 e. The number of ether oxygens (including phenoxy) is 2. The molecule has 0 aromatic rings. The van der Waals surface area contributed by atoms with Crippen LogP contribution in [0.1, 0.15) is 251 Å². The van der Waals surface area contributed by atoms with Crippen molar-refractivity contribution >= 4 is 5.91 Å². The highest BCUT2D eigenvalue weighted by Gasteiger charge is 2.47. The molecule has 0 aliphatic carbocycles. The van der Waals surface area contributed by atoms with Crippen molar-refractivity contribution in [1.82, 2.24) is 4.90 Å². The van der Waals surface area contributed by atoms with E-state index in [4.69, 9.17) is 9.47 Å². The highest BCUT2D eigenvalue weighted by molar-refractivity contribution is 5.77. The molecule has 0 bridgehead atoms. The zero-order valence-corrected chi connectivity index (χ0v) is 38.6. The average molecular weight is 840 g/mol. The Bertz CT molecular complexity index is 954. The van der Waals surface area contributed by atoms with Crippen molar-refractivity contribution in [1.29, 1.82) is 0 Å². The average Bonchev–Trinajstić information content (AvgIpc) is 3.55. The Labute approximate surface area is 363 Å². The topological polar surface area (TPSA) is 140 Å². The molecule has 0 radical (unpaired) electrons. The number of hydrogen-bond acceptors (Lipinski definition) is 8. The molecule has 2 heterocycles. The predicted molar refractivity (Wildman–Crippen MR) is 242 cm³/mol. The Kier molecular flexibility index (Phi) is 33.7. The third-order valence-electron chi connectivity index (χ3n) is 13.4. The Hall–Kier alpha value is -0.810. The van der Waals surface area contributed by atoms with Gasteiger partial charge in [0, 0.05) is 12.5 Å². The number of hydrogen-bond donors (Lipinski definition) is 5. The minimum atomic E-state index is -1.54. The summed E-state index contributed by atoms with van der Waals surface area (Å²) < 4.78 is 11.4. The molecule has 350 valence electrons. The minimum absolute atomic E-state index is 0.0422. The fourth-order valence-electron chi connectivity index (χ4n) is 9.48. The molecule has 0 spiro atoms. The zero-order chi connectivity index (χ0) is 42.8. The maximum absolute atomic E-state index is 13.8. The van der Waals surface area contributed by atoms with Crippen LogP contribution in [0.4, 0.5) is 0 Å². The van der Waals surface area contributed by atoms with Crippen molar-refractivity contribution in [3.05, 3.63) is 0 Å². The summed E-state index contributed by atoms with van der Waals surface area (Å²) in [5.41, 5.74) is 0. The number of likely N-dealkylation sites (tertiary alicyclic amines) is 1. The van der Waals surface area contributed by atoms with E-state index < -0.39 is 49.5 Å². The number of carbonyl (C=O) groups excluding carboxylic acids is 1. The minimum Gasteiger partial charge on any atom is -0.394 e. The fourth-order valence-corrected chi connectivity index (χ4v) is 9.48. The molecule has 59 heavy (non-hydrogen) atoms. The summed E-state index contributed by atoms with van der Waals surface area (Å²) in [5.74, 6) is 0.0422. The fraction of sp³-hybridized carbons (Fsp3) is 0.980. The van der Waals surface area contributed by atoms with Gasteiger partial charge in [0.1, 0.15) is 24.4 Å². The van der Waals surface area contributed by atoms with E-state index in [0.717, 1.165) is 38.5 Å². The first kappa shape index (κ1) is 54.3. The van der Waals surface area contributed by atoms with Gasteiger partial charge in [-0.1, -0.05) is 226 Å². The van der Waals surface area contributed by atoms with Crippen LogP contribution < -0.4 is 0 Å². The van der Waals surface area contributed by atoms with E-state index in [1.165, 1.54) is 186 Å². The van der Waals surface area contributed by atoms with E-state index in [-0.39, 0.29) is 18.6 Å². The standard InChI is InChI=1S/C50H97NO8/c1-3-5-7-9-11-13-15-16-17-18-19-20-21-22-23-24-25-26-28-30-32-34-36-38-46(54)51-42(37-35-33-31-29-27-14-12-10-8-6-4-2)39-44(53)43(51)41-58-50-49(57)48(56)47(55)45(40-52)59-50/h42-45,47-50,52-53,55-57H,3-41H2,1-2H3/t42-,43+,44-,45-,47+,48+,49-,50-/m1/s1. The molecule has 0 aromatic carbocycles. The van der Waals surface area contributed by atoms with Crippen LogP contribution in [0, 0.1) is 0 Å².